The smallest absolute Gasteiger partial charge is 0.240 e. The summed E-state index contributed by atoms with van der Waals surface area (Å²) in [5.41, 5.74) is 6.02. The topological polar surface area (TPSA) is 92.5 Å². The fourth-order valence-corrected chi connectivity index (χ4v) is 2.93. The van der Waals surface area contributed by atoms with E-state index in [1.165, 1.54) is 0 Å². The fraction of sp³-hybridized carbons (Fsp3) is 0.923. The van der Waals surface area contributed by atoms with Crippen molar-refractivity contribution in [3.8, 4) is 0 Å². The lowest BCUT2D eigenvalue weighted by molar-refractivity contribution is -0.137. The van der Waals surface area contributed by atoms with Crippen molar-refractivity contribution in [1.29, 1.82) is 0 Å². The standard InChI is InChI=1S/C13H27N3O3S/c1-4-10(2)12(14)13(17)16-8-6-5-7-11(16)9-15-20(3,18)19/h10-12,15H,4-9,14H2,1-3H3/t10-,11?,12-/m0/s1. The zero-order chi connectivity index (χ0) is 15.3. The average Bonchev–Trinajstić information content (AvgIpc) is 2.42. The first-order chi connectivity index (χ1) is 9.26. The van der Waals surface area contributed by atoms with Crippen molar-refractivity contribution in [2.75, 3.05) is 19.3 Å². The van der Waals surface area contributed by atoms with E-state index in [2.05, 4.69) is 4.72 Å². The van der Waals surface area contributed by atoms with Crippen LogP contribution in [0.15, 0.2) is 0 Å². The van der Waals surface area contributed by atoms with Crippen LogP contribution in [0.4, 0.5) is 0 Å². The number of carbonyl (C=O) groups is 1. The highest BCUT2D eigenvalue weighted by molar-refractivity contribution is 7.88. The van der Waals surface area contributed by atoms with Gasteiger partial charge in [-0.3, -0.25) is 4.79 Å². The van der Waals surface area contributed by atoms with Crippen LogP contribution in [0.2, 0.25) is 0 Å². The molecule has 0 bridgehead atoms. The molecule has 3 atom stereocenters. The fourth-order valence-electron chi connectivity index (χ4n) is 2.44. The van der Waals surface area contributed by atoms with Gasteiger partial charge in [-0.2, -0.15) is 0 Å². The number of amides is 1. The summed E-state index contributed by atoms with van der Waals surface area (Å²) >= 11 is 0. The van der Waals surface area contributed by atoms with Crippen LogP contribution in [0.5, 0.6) is 0 Å². The minimum atomic E-state index is -3.23. The molecule has 0 radical (unpaired) electrons. The number of piperidine rings is 1. The molecule has 0 aromatic heterocycles. The van der Waals surface area contributed by atoms with Crippen molar-refractivity contribution >= 4 is 15.9 Å². The SMILES string of the molecule is CC[C@H](C)[C@H](N)C(=O)N1CCCCC1CNS(C)(=O)=O. The Morgan fingerprint density at radius 3 is 2.65 bits per heavy atom. The van der Waals surface area contributed by atoms with E-state index in [4.69, 9.17) is 5.73 Å². The van der Waals surface area contributed by atoms with Crippen LogP contribution in [0.1, 0.15) is 39.5 Å². The first-order valence-electron chi connectivity index (χ1n) is 7.27. The van der Waals surface area contributed by atoms with Gasteiger partial charge in [0.05, 0.1) is 12.3 Å². The highest BCUT2D eigenvalue weighted by Crippen LogP contribution is 2.19. The van der Waals surface area contributed by atoms with Gasteiger partial charge in [0, 0.05) is 19.1 Å². The van der Waals surface area contributed by atoms with Gasteiger partial charge in [0.15, 0.2) is 0 Å². The van der Waals surface area contributed by atoms with Crippen LogP contribution < -0.4 is 10.5 Å². The predicted octanol–water partition coefficient (Wildman–Crippen LogP) is 0.290. The molecule has 1 fully saturated rings. The molecule has 0 aromatic carbocycles. The van der Waals surface area contributed by atoms with E-state index in [0.717, 1.165) is 31.9 Å². The number of nitrogens with two attached hydrogens (primary N) is 1. The van der Waals surface area contributed by atoms with Crippen molar-refractivity contribution < 1.29 is 13.2 Å². The van der Waals surface area contributed by atoms with Gasteiger partial charge in [0.25, 0.3) is 0 Å². The summed E-state index contributed by atoms with van der Waals surface area (Å²) in [5.74, 6) is 0.0762. The van der Waals surface area contributed by atoms with E-state index in [9.17, 15) is 13.2 Å². The lowest BCUT2D eigenvalue weighted by Crippen LogP contribution is -2.55. The molecule has 1 rings (SSSR count). The summed E-state index contributed by atoms with van der Waals surface area (Å²) in [7, 11) is -3.23. The lowest BCUT2D eigenvalue weighted by atomic mass is 9.95. The Morgan fingerprint density at radius 2 is 2.10 bits per heavy atom. The second kappa shape index (κ2) is 7.38. The summed E-state index contributed by atoms with van der Waals surface area (Å²) in [6, 6.07) is -0.583. The van der Waals surface area contributed by atoms with Gasteiger partial charge in [-0.05, 0) is 25.2 Å². The zero-order valence-electron chi connectivity index (χ0n) is 12.6. The Balaban J connectivity index is 2.70. The number of hydrogen-bond acceptors (Lipinski definition) is 4. The largest absolute Gasteiger partial charge is 0.337 e. The number of nitrogens with one attached hydrogen (secondary N) is 1. The Labute approximate surface area is 122 Å². The Bertz CT molecular complexity index is 425. The highest BCUT2D eigenvalue weighted by Gasteiger charge is 2.31. The van der Waals surface area contributed by atoms with Gasteiger partial charge in [-0.15, -0.1) is 0 Å². The van der Waals surface area contributed by atoms with Crippen LogP contribution in [-0.2, 0) is 14.8 Å². The van der Waals surface area contributed by atoms with Gasteiger partial charge in [0.2, 0.25) is 15.9 Å². The quantitative estimate of drug-likeness (QED) is 0.737. The predicted molar refractivity (Wildman–Crippen MR) is 79.6 cm³/mol. The first-order valence-corrected chi connectivity index (χ1v) is 9.16. The van der Waals surface area contributed by atoms with Gasteiger partial charge in [-0.25, -0.2) is 13.1 Å². The molecule has 1 aliphatic heterocycles. The molecule has 0 aliphatic carbocycles. The van der Waals surface area contributed by atoms with Crippen LogP contribution in [0, 0.1) is 5.92 Å². The molecule has 20 heavy (non-hydrogen) atoms. The molecule has 118 valence electrons. The Morgan fingerprint density at radius 1 is 1.45 bits per heavy atom. The second-order valence-electron chi connectivity index (χ2n) is 5.71. The van der Waals surface area contributed by atoms with E-state index >= 15 is 0 Å². The molecular formula is C13H27N3O3S. The molecule has 0 saturated carbocycles. The minimum Gasteiger partial charge on any atom is -0.337 e. The zero-order valence-corrected chi connectivity index (χ0v) is 13.4. The van der Waals surface area contributed by atoms with Crippen molar-refractivity contribution in [2.45, 2.75) is 51.6 Å². The maximum Gasteiger partial charge on any atom is 0.240 e. The maximum absolute atomic E-state index is 12.5. The van der Waals surface area contributed by atoms with E-state index in [-0.39, 0.29) is 24.4 Å². The molecule has 1 unspecified atom stereocenters. The monoisotopic (exact) mass is 305 g/mol. The number of likely N-dealkylation sites (tertiary alicyclic amines) is 1. The number of hydrogen-bond donors (Lipinski definition) is 2. The molecule has 1 saturated heterocycles. The Kier molecular flexibility index (Phi) is 6.42. The highest BCUT2D eigenvalue weighted by atomic mass is 32.2. The average molecular weight is 305 g/mol. The normalized spacial score (nSPS) is 23.4. The Hall–Kier alpha value is -0.660. The van der Waals surface area contributed by atoms with Gasteiger partial charge in [-0.1, -0.05) is 20.3 Å². The van der Waals surface area contributed by atoms with Crippen molar-refractivity contribution in [2.24, 2.45) is 11.7 Å². The van der Waals surface area contributed by atoms with Gasteiger partial charge < -0.3 is 10.6 Å². The van der Waals surface area contributed by atoms with Crippen LogP contribution in [0.3, 0.4) is 0 Å². The number of sulfonamides is 1. The third-order valence-corrected chi connectivity index (χ3v) is 4.72. The van der Waals surface area contributed by atoms with Crippen molar-refractivity contribution in [3.63, 3.8) is 0 Å². The number of nitrogens with zero attached hydrogens (tertiary/aromatic N) is 1. The van der Waals surface area contributed by atoms with Crippen LogP contribution >= 0.6 is 0 Å². The van der Waals surface area contributed by atoms with E-state index in [1.54, 1.807) is 4.90 Å². The van der Waals surface area contributed by atoms with E-state index < -0.39 is 16.1 Å². The second-order valence-corrected chi connectivity index (χ2v) is 7.55. The summed E-state index contributed by atoms with van der Waals surface area (Å²) in [4.78, 5) is 14.2. The minimum absolute atomic E-state index is 0.0562. The van der Waals surface area contributed by atoms with Crippen LogP contribution in [-0.4, -0.2) is 50.7 Å². The third kappa shape index (κ3) is 5.03. The van der Waals surface area contributed by atoms with Crippen molar-refractivity contribution in [3.05, 3.63) is 0 Å². The summed E-state index contributed by atoms with van der Waals surface area (Å²) in [6.07, 6.45) is 4.77. The molecular weight excluding hydrogens is 278 g/mol. The van der Waals surface area contributed by atoms with Gasteiger partial charge >= 0.3 is 0 Å². The van der Waals surface area contributed by atoms with E-state index in [1.807, 2.05) is 13.8 Å². The summed E-state index contributed by atoms with van der Waals surface area (Å²) < 4.78 is 24.9. The maximum atomic E-state index is 12.5. The molecule has 1 amide bonds. The number of carbonyl (C=O) groups excluding carboxylic acids is 1. The molecule has 0 spiro atoms. The number of rotatable bonds is 6. The first kappa shape index (κ1) is 17.4. The third-order valence-electron chi connectivity index (χ3n) is 4.03. The summed E-state index contributed by atoms with van der Waals surface area (Å²) in [6.45, 7) is 4.92. The van der Waals surface area contributed by atoms with Crippen LogP contribution in [0.25, 0.3) is 0 Å². The van der Waals surface area contributed by atoms with E-state index in [0.29, 0.717) is 6.54 Å². The van der Waals surface area contributed by atoms with Crippen molar-refractivity contribution in [1.82, 2.24) is 9.62 Å². The molecule has 7 heteroatoms. The van der Waals surface area contributed by atoms with Gasteiger partial charge in [0.1, 0.15) is 0 Å². The molecule has 1 aliphatic rings. The molecule has 6 nitrogen and oxygen atoms in total. The lowest BCUT2D eigenvalue weighted by Gasteiger charge is -2.38. The molecule has 0 aromatic rings. The summed E-state index contributed by atoms with van der Waals surface area (Å²) in [5, 5.41) is 0. The molecule has 1 heterocycles. The molecule has 3 N–H and O–H groups in total.